The molecule has 0 radical (unpaired) electrons. The summed E-state index contributed by atoms with van der Waals surface area (Å²) in [5.74, 6) is -0.543. The van der Waals surface area contributed by atoms with Crippen LogP contribution in [-0.2, 0) is 10.0 Å². The zero-order chi connectivity index (χ0) is 28.3. The molecular formula is C29H34FN3O5S. The van der Waals surface area contributed by atoms with E-state index in [1.807, 2.05) is 38.1 Å². The fourth-order valence-corrected chi connectivity index (χ4v) is 6.44. The minimum atomic E-state index is -3.98. The lowest BCUT2D eigenvalue weighted by Crippen LogP contribution is -2.50. The van der Waals surface area contributed by atoms with Gasteiger partial charge in [-0.25, -0.2) is 17.6 Å². The maximum atomic E-state index is 13.7. The van der Waals surface area contributed by atoms with Crippen LogP contribution in [0.4, 0.5) is 14.9 Å². The first kappa shape index (κ1) is 28.5. The molecule has 3 atom stereocenters. The van der Waals surface area contributed by atoms with Gasteiger partial charge in [-0.15, -0.1) is 0 Å². The van der Waals surface area contributed by atoms with E-state index in [9.17, 15) is 22.7 Å². The summed E-state index contributed by atoms with van der Waals surface area (Å²) in [6.07, 6.45) is -0.566. The van der Waals surface area contributed by atoms with E-state index in [1.165, 1.54) is 33.5 Å². The summed E-state index contributed by atoms with van der Waals surface area (Å²) >= 11 is 0. The SMILES string of the molecule is Cc1ccccc1-c1ccc2c(c1)O[C@@H](CN(C)C(=O)Nc1ccc(F)cc1)[C@@H](C)CN([C@H](C)CO)S2(=O)=O. The summed E-state index contributed by atoms with van der Waals surface area (Å²) in [5.41, 5.74) is 3.23. The van der Waals surface area contributed by atoms with E-state index in [1.54, 1.807) is 32.2 Å². The van der Waals surface area contributed by atoms with E-state index >= 15 is 0 Å². The maximum absolute atomic E-state index is 13.7. The average Bonchev–Trinajstić information content (AvgIpc) is 2.91. The molecule has 39 heavy (non-hydrogen) atoms. The van der Waals surface area contributed by atoms with Crippen molar-refractivity contribution in [2.75, 3.05) is 32.1 Å². The number of hydrogen-bond donors (Lipinski definition) is 2. The van der Waals surface area contributed by atoms with Gasteiger partial charge in [0.1, 0.15) is 22.6 Å². The molecule has 0 saturated carbocycles. The van der Waals surface area contributed by atoms with Crippen molar-refractivity contribution in [3.8, 4) is 16.9 Å². The van der Waals surface area contributed by atoms with Crippen molar-refractivity contribution in [2.45, 2.75) is 37.8 Å². The van der Waals surface area contributed by atoms with Gasteiger partial charge in [-0.2, -0.15) is 4.31 Å². The zero-order valence-electron chi connectivity index (χ0n) is 22.5. The van der Waals surface area contributed by atoms with Gasteiger partial charge in [0.25, 0.3) is 0 Å². The van der Waals surface area contributed by atoms with Gasteiger partial charge < -0.3 is 20.1 Å². The number of fused-ring (bicyclic) bond motifs is 1. The Morgan fingerprint density at radius 2 is 1.87 bits per heavy atom. The topological polar surface area (TPSA) is 99.2 Å². The summed E-state index contributed by atoms with van der Waals surface area (Å²) in [7, 11) is -2.37. The Bertz CT molecular complexity index is 1430. The molecule has 0 fully saturated rings. The number of rotatable bonds is 6. The lowest BCUT2D eigenvalue weighted by molar-refractivity contribution is 0.0830. The third-order valence-electron chi connectivity index (χ3n) is 7.02. The Hall–Kier alpha value is -3.47. The second kappa shape index (κ2) is 11.7. The van der Waals surface area contributed by atoms with Crippen LogP contribution in [0.15, 0.2) is 71.6 Å². The summed E-state index contributed by atoms with van der Waals surface area (Å²) in [5, 5.41) is 12.6. The van der Waals surface area contributed by atoms with Gasteiger partial charge in [-0.1, -0.05) is 37.3 Å². The van der Waals surface area contributed by atoms with Gasteiger partial charge in [-0.05, 0) is 66.9 Å². The van der Waals surface area contributed by atoms with Crippen LogP contribution in [-0.4, -0.2) is 67.7 Å². The molecule has 1 aliphatic heterocycles. The smallest absolute Gasteiger partial charge is 0.321 e. The Kier molecular flexibility index (Phi) is 8.58. The molecule has 3 aromatic carbocycles. The summed E-state index contributed by atoms with van der Waals surface area (Å²) in [6, 6.07) is 17.2. The lowest BCUT2D eigenvalue weighted by Gasteiger charge is -2.37. The van der Waals surface area contributed by atoms with Crippen molar-refractivity contribution in [3.63, 3.8) is 0 Å². The number of aliphatic hydroxyl groups excluding tert-OH is 1. The first-order valence-electron chi connectivity index (χ1n) is 12.8. The van der Waals surface area contributed by atoms with Crippen molar-refractivity contribution in [3.05, 3.63) is 78.1 Å². The molecule has 4 rings (SSSR count). The number of urea groups is 1. The maximum Gasteiger partial charge on any atom is 0.321 e. The molecular weight excluding hydrogens is 521 g/mol. The fourth-order valence-electron chi connectivity index (χ4n) is 4.61. The number of hydrogen-bond acceptors (Lipinski definition) is 5. The Labute approximate surface area is 229 Å². The lowest BCUT2D eigenvalue weighted by atomic mass is 10.00. The third-order valence-corrected chi connectivity index (χ3v) is 9.04. The van der Waals surface area contributed by atoms with Crippen molar-refractivity contribution in [1.82, 2.24) is 9.21 Å². The van der Waals surface area contributed by atoms with E-state index in [-0.39, 0.29) is 36.3 Å². The van der Waals surface area contributed by atoms with Crippen molar-refractivity contribution in [1.29, 1.82) is 0 Å². The predicted octanol–water partition coefficient (Wildman–Crippen LogP) is 4.73. The molecule has 3 aromatic rings. The number of halogens is 1. The number of benzene rings is 3. The van der Waals surface area contributed by atoms with Gasteiger partial charge in [0, 0.05) is 31.2 Å². The van der Waals surface area contributed by atoms with E-state index in [4.69, 9.17) is 4.74 Å². The molecule has 1 heterocycles. The highest BCUT2D eigenvalue weighted by Crippen LogP contribution is 2.37. The van der Waals surface area contributed by atoms with Crippen molar-refractivity contribution in [2.24, 2.45) is 5.92 Å². The number of aliphatic hydroxyl groups is 1. The molecule has 0 bridgehead atoms. The van der Waals surface area contributed by atoms with Crippen LogP contribution in [0.2, 0.25) is 0 Å². The molecule has 2 amide bonds. The standard InChI is InChI=1S/C29H34FN3O5S/c1-19-7-5-6-8-25(19)22-9-14-28-26(15-22)38-27(20(2)16-33(21(3)18-34)39(28,36)37)17-32(4)29(35)31-24-12-10-23(30)11-13-24/h5-15,20-21,27,34H,16-18H2,1-4H3,(H,31,35)/t20-,21+,27-/m0/s1. The first-order valence-corrected chi connectivity index (χ1v) is 14.2. The summed E-state index contributed by atoms with van der Waals surface area (Å²) in [6.45, 7) is 5.41. The molecule has 8 nitrogen and oxygen atoms in total. The minimum absolute atomic E-state index is 0.00968. The van der Waals surface area contributed by atoms with Crippen LogP contribution in [0.25, 0.3) is 11.1 Å². The number of likely N-dealkylation sites (N-methyl/N-ethyl adjacent to an activating group) is 1. The van der Waals surface area contributed by atoms with E-state index in [0.29, 0.717) is 5.69 Å². The molecule has 208 valence electrons. The van der Waals surface area contributed by atoms with Crippen molar-refractivity contribution < 1.29 is 27.4 Å². The summed E-state index contributed by atoms with van der Waals surface area (Å²) < 4.78 is 48.4. The van der Waals surface area contributed by atoms with Crippen LogP contribution < -0.4 is 10.1 Å². The number of nitrogens with one attached hydrogen (secondary N) is 1. The third kappa shape index (κ3) is 6.24. The quantitative estimate of drug-likeness (QED) is 0.458. The largest absolute Gasteiger partial charge is 0.487 e. The Morgan fingerprint density at radius 3 is 2.54 bits per heavy atom. The van der Waals surface area contributed by atoms with E-state index < -0.39 is 34.0 Å². The van der Waals surface area contributed by atoms with Crippen LogP contribution in [0, 0.1) is 18.7 Å². The molecule has 0 spiro atoms. The second-order valence-corrected chi connectivity index (χ2v) is 11.9. The second-order valence-electron chi connectivity index (χ2n) is 10.0. The number of amides is 2. The average molecular weight is 556 g/mol. The van der Waals surface area contributed by atoms with Gasteiger partial charge >= 0.3 is 6.03 Å². The molecule has 10 heteroatoms. The number of nitrogens with zero attached hydrogens (tertiary/aromatic N) is 2. The zero-order valence-corrected chi connectivity index (χ0v) is 23.3. The number of ether oxygens (including phenoxy) is 1. The number of carbonyl (C=O) groups is 1. The first-order chi connectivity index (χ1) is 18.5. The minimum Gasteiger partial charge on any atom is -0.487 e. The Morgan fingerprint density at radius 1 is 1.18 bits per heavy atom. The highest BCUT2D eigenvalue weighted by molar-refractivity contribution is 7.89. The highest BCUT2D eigenvalue weighted by atomic mass is 32.2. The van der Waals surface area contributed by atoms with Crippen LogP contribution in [0.3, 0.4) is 0 Å². The van der Waals surface area contributed by atoms with Gasteiger partial charge in [-0.3, -0.25) is 0 Å². The van der Waals surface area contributed by atoms with Crippen molar-refractivity contribution >= 4 is 21.7 Å². The molecule has 0 aromatic heterocycles. The van der Waals surface area contributed by atoms with Crippen LogP contribution in [0.5, 0.6) is 5.75 Å². The molecule has 0 aliphatic carbocycles. The predicted molar refractivity (Wildman–Crippen MR) is 149 cm³/mol. The number of carbonyl (C=O) groups excluding carboxylic acids is 1. The normalized spacial score (nSPS) is 19.6. The highest BCUT2D eigenvalue weighted by Gasteiger charge is 2.38. The molecule has 1 aliphatic rings. The molecule has 0 saturated heterocycles. The molecule has 0 unspecified atom stereocenters. The Balaban J connectivity index is 1.69. The van der Waals surface area contributed by atoms with Crippen LogP contribution >= 0.6 is 0 Å². The number of sulfonamides is 1. The van der Waals surface area contributed by atoms with Crippen LogP contribution in [0.1, 0.15) is 19.4 Å². The number of aryl methyl sites for hydroxylation is 1. The van der Waals surface area contributed by atoms with Gasteiger partial charge in [0.2, 0.25) is 10.0 Å². The van der Waals surface area contributed by atoms with Gasteiger partial charge in [0.15, 0.2) is 0 Å². The number of anilines is 1. The monoisotopic (exact) mass is 555 g/mol. The van der Waals surface area contributed by atoms with E-state index in [0.717, 1.165) is 16.7 Å². The molecule has 2 N–H and O–H groups in total. The fraction of sp³-hybridized carbons (Fsp3) is 0.345. The van der Waals surface area contributed by atoms with E-state index in [2.05, 4.69) is 5.32 Å². The summed E-state index contributed by atoms with van der Waals surface area (Å²) in [4.78, 5) is 14.4. The van der Waals surface area contributed by atoms with Gasteiger partial charge in [0.05, 0.1) is 13.2 Å².